The van der Waals surface area contributed by atoms with Crippen LogP contribution in [0.4, 0.5) is 5.69 Å². The Labute approximate surface area is 103 Å². The van der Waals surface area contributed by atoms with Gasteiger partial charge in [0.15, 0.2) is 0 Å². The summed E-state index contributed by atoms with van der Waals surface area (Å²) in [7, 11) is 2.03. The molecule has 17 heavy (non-hydrogen) atoms. The van der Waals surface area contributed by atoms with Crippen LogP contribution in [0.15, 0.2) is 24.3 Å². The van der Waals surface area contributed by atoms with Crippen LogP contribution in [0.1, 0.15) is 25.3 Å². The highest BCUT2D eigenvalue weighted by atomic mass is 16.2. The smallest absolute Gasteiger partial charge is 0.230 e. The van der Waals surface area contributed by atoms with Crippen molar-refractivity contribution in [2.45, 2.75) is 19.8 Å². The van der Waals surface area contributed by atoms with Gasteiger partial charge in [-0.05, 0) is 30.7 Å². The summed E-state index contributed by atoms with van der Waals surface area (Å²) in [5.74, 6) is 0.824. The van der Waals surface area contributed by atoms with Crippen molar-refractivity contribution >= 4 is 11.6 Å². The molecule has 1 aromatic rings. The molecule has 1 amide bonds. The minimum atomic E-state index is 0.139. The first kappa shape index (κ1) is 12.1. The third kappa shape index (κ3) is 2.86. The van der Waals surface area contributed by atoms with Gasteiger partial charge in [0.1, 0.15) is 0 Å². The van der Waals surface area contributed by atoms with Crippen molar-refractivity contribution in [3.63, 3.8) is 0 Å². The lowest BCUT2D eigenvalue weighted by Crippen LogP contribution is -2.49. The van der Waals surface area contributed by atoms with Gasteiger partial charge in [-0.25, -0.2) is 0 Å². The molecule has 1 aliphatic rings. The van der Waals surface area contributed by atoms with Crippen LogP contribution in [0.5, 0.6) is 0 Å². The topological polar surface area (TPSA) is 32.3 Å². The van der Waals surface area contributed by atoms with E-state index in [-0.39, 0.29) is 11.8 Å². The molecule has 92 valence electrons. The van der Waals surface area contributed by atoms with E-state index in [4.69, 9.17) is 0 Å². The molecular formula is C14H20N2O. The molecule has 3 heteroatoms. The molecule has 0 aliphatic carbocycles. The molecule has 3 nitrogen and oxygen atoms in total. The number of nitrogens with one attached hydrogen (secondary N) is 1. The first-order valence-electron chi connectivity index (χ1n) is 6.15. The molecule has 1 aromatic carbocycles. The fraction of sp³-hybridized carbons (Fsp3) is 0.500. The quantitative estimate of drug-likeness (QED) is 0.867. The van der Waals surface area contributed by atoms with E-state index in [9.17, 15) is 4.79 Å². The van der Waals surface area contributed by atoms with Crippen molar-refractivity contribution in [3.05, 3.63) is 29.8 Å². The standard InChI is InChI=1S/C14H20N2O/c1-10(2)11-4-6-13(7-5-11)15-14(17)12-8-16(3)9-12/h4-7,10,12H,8-9H2,1-3H3,(H,15,17). The van der Waals surface area contributed by atoms with E-state index in [0.29, 0.717) is 5.92 Å². The van der Waals surface area contributed by atoms with Gasteiger partial charge in [0, 0.05) is 18.8 Å². The minimum absolute atomic E-state index is 0.139. The summed E-state index contributed by atoms with van der Waals surface area (Å²) in [6.07, 6.45) is 0. The number of nitrogens with zero attached hydrogens (tertiary/aromatic N) is 1. The van der Waals surface area contributed by atoms with Gasteiger partial charge in [-0.15, -0.1) is 0 Å². The number of likely N-dealkylation sites (tertiary alicyclic amines) is 1. The van der Waals surface area contributed by atoms with Crippen molar-refractivity contribution in [1.29, 1.82) is 0 Å². The summed E-state index contributed by atoms with van der Waals surface area (Å²) in [4.78, 5) is 14.0. The van der Waals surface area contributed by atoms with Crippen LogP contribution in [-0.2, 0) is 4.79 Å². The lowest BCUT2D eigenvalue weighted by Gasteiger charge is -2.34. The third-order valence-electron chi connectivity index (χ3n) is 3.28. The monoisotopic (exact) mass is 232 g/mol. The Morgan fingerprint density at radius 1 is 1.29 bits per heavy atom. The second-order valence-corrected chi connectivity index (χ2v) is 5.18. The SMILES string of the molecule is CC(C)c1ccc(NC(=O)C2CN(C)C2)cc1. The van der Waals surface area contributed by atoms with E-state index in [1.54, 1.807) is 0 Å². The molecule has 0 saturated carbocycles. The highest BCUT2D eigenvalue weighted by Crippen LogP contribution is 2.19. The van der Waals surface area contributed by atoms with Gasteiger partial charge < -0.3 is 10.2 Å². The van der Waals surface area contributed by atoms with Gasteiger partial charge in [0.25, 0.3) is 0 Å². The molecule has 1 fully saturated rings. The molecule has 0 spiro atoms. The summed E-state index contributed by atoms with van der Waals surface area (Å²) in [6.45, 7) is 6.07. The Balaban J connectivity index is 1.92. The van der Waals surface area contributed by atoms with Crippen LogP contribution in [0.3, 0.4) is 0 Å². The zero-order valence-corrected chi connectivity index (χ0v) is 10.7. The fourth-order valence-corrected chi connectivity index (χ4v) is 2.06. The highest BCUT2D eigenvalue weighted by Gasteiger charge is 2.29. The molecule has 1 N–H and O–H groups in total. The third-order valence-corrected chi connectivity index (χ3v) is 3.28. The van der Waals surface area contributed by atoms with Crippen molar-refractivity contribution in [3.8, 4) is 0 Å². The number of amides is 1. The molecule has 0 atom stereocenters. The van der Waals surface area contributed by atoms with Crippen LogP contribution < -0.4 is 5.32 Å². The highest BCUT2D eigenvalue weighted by molar-refractivity contribution is 5.93. The maximum absolute atomic E-state index is 11.8. The molecule has 0 unspecified atom stereocenters. The second-order valence-electron chi connectivity index (χ2n) is 5.18. The van der Waals surface area contributed by atoms with Crippen LogP contribution in [0, 0.1) is 5.92 Å². The van der Waals surface area contributed by atoms with Crippen LogP contribution in [0.2, 0.25) is 0 Å². The number of carbonyl (C=O) groups excluding carboxylic acids is 1. The molecule has 1 aliphatic heterocycles. The van der Waals surface area contributed by atoms with Crippen molar-refractivity contribution in [2.75, 3.05) is 25.5 Å². The van der Waals surface area contributed by atoms with Crippen molar-refractivity contribution < 1.29 is 4.79 Å². The summed E-state index contributed by atoms with van der Waals surface area (Å²) in [5.41, 5.74) is 2.19. The predicted octanol–water partition coefficient (Wildman–Crippen LogP) is 2.31. The van der Waals surface area contributed by atoms with Crippen LogP contribution >= 0.6 is 0 Å². The molecule has 1 saturated heterocycles. The number of benzene rings is 1. The van der Waals surface area contributed by atoms with E-state index in [1.165, 1.54) is 5.56 Å². The summed E-state index contributed by atoms with van der Waals surface area (Å²) >= 11 is 0. The summed E-state index contributed by atoms with van der Waals surface area (Å²) in [5, 5.41) is 2.96. The Kier molecular flexibility index (Phi) is 3.48. The first-order chi connectivity index (χ1) is 8.06. The summed E-state index contributed by atoms with van der Waals surface area (Å²) < 4.78 is 0. The molecule has 2 rings (SSSR count). The molecular weight excluding hydrogens is 212 g/mol. The van der Waals surface area contributed by atoms with E-state index in [2.05, 4.69) is 36.2 Å². The average Bonchev–Trinajstić information content (AvgIpc) is 2.25. The number of carbonyl (C=O) groups is 1. The molecule has 0 radical (unpaired) electrons. The maximum atomic E-state index is 11.8. The number of hydrogen-bond acceptors (Lipinski definition) is 2. The summed E-state index contributed by atoms with van der Waals surface area (Å²) in [6, 6.07) is 8.12. The number of hydrogen-bond donors (Lipinski definition) is 1. The maximum Gasteiger partial charge on any atom is 0.230 e. The van der Waals surface area contributed by atoms with E-state index in [0.717, 1.165) is 18.8 Å². The normalized spacial score (nSPS) is 16.9. The molecule has 1 heterocycles. The molecule has 0 aromatic heterocycles. The van der Waals surface area contributed by atoms with E-state index in [1.807, 2.05) is 19.2 Å². The lowest BCUT2D eigenvalue weighted by atomic mass is 10.00. The van der Waals surface area contributed by atoms with Gasteiger partial charge >= 0.3 is 0 Å². The Hall–Kier alpha value is -1.35. The van der Waals surface area contributed by atoms with Crippen molar-refractivity contribution in [1.82, 2.24) is 4.90 Å². The Morgan fingerprint density at radius 2 is 1.88 bits per heavy atom. The minimum Gasteiger partial charge on any atom is -0.326 e. The predicted molar refractivity (Wildman–Crippen MR) is 70.1 cm³/mol. The molecule has 0 bridgehead atoms. The van der Waals surface area contributed by atoms with Crippen LogP contribution in [-0.4, -0.2) is 30.9 Å². The van der Waals surface area contributed by atoms with Crippen molar-refractivity contribution in [2.24, 2.45) is 5.92 Å². The zero-order chi connectivity index (χ0) is 12.4. The second kappa shape index (κ2) is 4.88. The Morgan fingerprint density at radius 3 is 2.35 bits per heavy atom. The number of anilines is 1. The lowest BCUT2D eigenvalue weighted by molar-refractivity contribution is -0.124. The van der Waals surface area contributed by atoms with E-state index < -0.39 is 0 Å². The zero-order valence-electron chi connectivity index (χ0n) is 10.7. The van der Waals surface area contributed by atoms with Gasteiger partial charge in [0.05, 0.1) is 5.92 Å². The Bertz CT molecular complexity index is 391. The van der Waals surface area contributed by atoms with Gasteiger partial charge in [-0.1, -0.05) is 26.0 Å². The van der Waals surface area contributed by atoms with Gasteiger partial charge in [0.2, 0.25) is 5.91 Å². The largest absolute Gasteiger partial charge is 0.326 e. The average molecular weight is 232 g/mol. The van der Waals surface area contributed by atoms with Crippen LogP contribution in [0.25, 0.3) is 0 Å². The first-order valence-corrected chi connectivity index (χ1v) is 6.15. The van der Waals surface area contributed by atoms with Gasteiger partial charge in [-0.3, -0.25) is 4.79 Å². The van der Waals surface area contributed by atoms with Gasteiger partial charge in [-0.2, -0.15) is 0 Å². The van der Waals surface area contributed by atoms with E-state index >= 15 is 0 Å². The fourth-order valence-electron chi connectivity index (χ4n) is 2.06. The number of rotatable bonds is 3.